The third-order valence-electron chi connectivity index (χ3n) is 8.32. The average molecular weight is 480 g/mol. The number of hydrogen-bond acceptors (Lipinski definition) is 0. The molecule has 2 aliphatic rings. The van der Waals surface area contributed by atoms with Gasteiger partial charge in [0, 0.05) is 14.3 Å². The second-order valence-electron chi connectivity index (χ2n) is 10.5. The van der Waals surface area contributed by atoms with Crippen LogP contribution < -0.4 is 0 Å². The van der Waals surface area contributed by atoms with E-state index >= 15 is 0 Å². The normalized spacial score (nSPS) is 27.4. The van der Waals surface area contributed by atoms with Crippen LogP contribution in [0.2, 0.25) is 18.1 Å². The Kier molecular flexibility index (Phi) is 11.6. The van der Waals surface area contributed by atoms with E-state index in [1.807, 2.05) is 0 Å². The van der Waals surface area contributed by atoms with Gasteiger partial charge in [0.1, 0.15) is 0 Å². The lowest BCUT2D eigenvalue weighted by Gasteiger charge is -2.37. The molecule has 1 aliphatic heterocycles. The van der Waals surface area contributed by atoms with Gasteiger partial charge in [-0.25, -0.2) is 0 Å². The minimum atomic E-state index is -0.333. The molecule has 0 radical (unpaired) electrons. The number of unbranched alkanes of at least 4 members (excludes halogenated alkanes) is 3. The van der Waals surface area contributed by atoms with Gasteiger partial charge in [0.05, 0.1) is 5.03 Å². The first kappa shape index (κ1) is 25.4. The molecule has 1 heterocycles. The molecule has 0 nitrogen and oxygen atoms in total. The van der Waals surface area contributed by atoms with Gasteiger partial charge >= 0.3 is 0 Å². The molecule has 1 aromatic rings. The first-order valence-corrected chi connectivity index (χ1v) is 16.5. The molecule has 3 heteroatoms. The second kappa shape index (κ2) is 14.1. The lowest BCUT2D eigenvalue weighted by molar-refractivity contribution is 0.184. The van der Waals surface area contributed by atoms with E-state index in [0.29, 0.717) is 5.03 Å². The number of benzene rings is 1. The van der Waals surface area contributed by atoms with Crippen molar-refractivity contribution in [3.8, 4) is 0 Å². The highest BCUT2D eigenvalue weighted by Crippen LogP contribution is 2.42. The van der Waals surface area contributed by atoms with E-state index in [4.69, 9.17) is 23.2 Å². The van der Waals surface area contributed by atoms with E-state index in [9.17, 15) is 0 Å². The highest BCUT2D eigenvalue weighted by molar-refractivity contribution is 6.59. The van der Waals surface area contributed by atoms with Crippen molar-refractivity contribution < 1.29 is 0 Å². The Bertz CT molecular complexity index is 637. The molecule has 0 atom stereocenters. The van der Waals surface area contributed by atoms with Crippen molar-refractivity contribution >= 4 is 37.0 Å². The molecule has 0 unspecified atom stereocenters. The molecule has 174 valence electrons. The lowest BCUT2D eigenvalue weighted by atomic mass is 9.73. The molecule has 0 aromatic heterocycles. The fourth-order valence-electron chi connectivity index (χ4n) is 6.24. The first-order chi connectivity index (χ1) is 15.2. The van der Waals surface area contributed by atoms with Gasteiger partial charge in [0.25, 0.3) is 0 Å². The Morgan fingerprint density at radius 2 is 1.58 bits per heavy atom. The third kappa shape index (κ3) is 8.56. The van der Waals surface area contributed by atoms with Gasteiger partial charge in [-0.15, -0.1) is 0 Å². The molecule has 1 aromatic carbocycles. The van der Waals surface area contributed by atoms with Gasteiger partial charge in [-0.1, -0.05) is 130 Å². The maximum atomic E-state index is 6.08. The topological polar surface area (TPSA) is 0 Å². The lowest BCUT2D eigenvalue weighted by Crippen LogP contribution is -2.28. The first-order valence-electron chi connectivity index (χ1n) is 13.2. The van der Waals surface area contributed by atoms with Crippen molar-refractivity contribution in [3.63, 3.8) is 0 Å². The highest BCUT2D eigenvalue weighted by Gasteiger charge is 2.30. The molecule has 1 aliphatic carbocycles. The SMILES string of the molecule is CCCCC[SiH]1CCC(C2CCC(CCCCc3ccc(C(Cl)=CCl)cc3)CC2)CC1. The van der Waals surface area contributed by atoms with Gasteiger partial charge < -0.3 is 0 Å². The second-order valence-corrected chi connectivity index (χ2v) is 14.5. The summed E-state index contributed by atoms with van der Waals surface area (Å²) in [6, 6.07) is 13.6. The maximum Gasteiger partial charge on any atom is 0.0591 e. The van der Waals surface area contributed by atoms with Crippen LogP contribution in [0, 0.1) is 17.8 Å². The monoisotopic (exact) mass is 478 g/mol. The Labute approximate surface area is 203 Å². The molecule has 3 rings (SSSR count). The van der Waals surface area contributed by atoms with Gasteiger partial charge in [0.15, 0.2) is 0 Å². The fourth-order valence-corrected chi connectivity index (χ4v) is 10.0. The predicted molar refractivity (Wildman–Crippen MR) is 143 cm³/mol. The Morgan fingerprint density at radius 3 is 2.23 bits per heavy atom. The summed E-state index contributed by atoms with van der Waals surface area (Å²) < 4.78 is 0. The predicted octanol–water partition coefficient (Wildman–Crippen LogP) is 9.81. The average Bonchev–Trinajstić information content (AvgIpc) is 2.83. The van der Waals surface area contributed by atoms with E-state index in [1.165, 1.54) is 81.7 Å². The van der Waals surface area contributed by atoms with Gasteiger partial charge in [-0.3, -0.25) is 0 Å². The van der Waals surface area contributed by atoms with Crippen LogP contribution >= 0.6 is 23.2 Å². The third-order valence-corrected chi connectivity index (χ3v) is 12.5. The van der Waals surface area contributed by atoms with Crippen LogP contribution in [0.3, 0.4) is 0 Å². The van der Waals surface area contributed by atoms with Gasteiger partial charge in [-0.05, 0) is 54.6 Å². The number of rotatable bonds is 11. The largest absolute Gasteiger partial charge is 0.0913 e. The standard InChI is InChI=1S/C28H44Cl2Si/c1-2-3-6-19-31-20-17-26(18-21-31)25-13-9-23(10-14-25)7-4-5-8-24-11-15-27(16-12-24)28(30)22-29/h11-12,15-16,22-23,25-26,31H,2-10,13-14,17-21H2,1H3. The summed E-state index contributed by atoms with van der Waals surface area (Å²) in [6.45, 7) is 2.34. The molecule has 0 bridgehead atoms. The smallest absolute Gasteiger partial charge is 0.0591 e. The van der Waals surface area contributed by atoms with Crippen LogP contribution in [-0.2, 0) is 6.42 Å². The van der Waals surface area contributed by atoms with Crippen LogP contribution in [0.5, 0.6) is 0 Å². The molecule has 2 fully saturated rings. The summed E-state index contributed by atoms with van der Waals surface area (Å²) in [4.78, 5) is 0. The molecule has 31 heavy (non-hydrogen) atoms. The summed E-state index contributed by atoms with van der Waals surface area (Å²) in [5.74, 6) is 3.18. The van der Waals surface area contributed by atoms with E-state index < -0.39 is 0 Å². The zero-order valence-electron chi connectivity index (χ0n) is 19.8. The van der Waals surface area contributed by atoms with Crippen molar-refractivity contribution in [2.24, 2.45) is 17.8 Å². The molecule has 0 amide bonds. The van der Waals surface area contributed by atoms with Crippen molar-refractivity contribution in [3.05, 3.63) is 40.9 Å². The van der Waals surface area contributed by atoms with Gasteiger partial charge in [-0.2, -0.15) is 0 Å². The molecule has 0 N–H and O–H groups in total. The molecule has 1 saturated heterocycles. The Morgan fingerprint density at radius 1 is 0.903 bits per heavy atom. The van der Waals surface area contributed by atoms with Gasteiger partial charge in [0.2, 0.25) is 0 Å². The summed E-state index contributed by atoms with van der Waals surface area (Å²) in [5, 5.41) is 0.617. The van der Waals surface area contributed by atoms with Crippen LogP contribution in [0.25, 0.3) is 5.03 Å². The minimum Gasteiger partial charge on any atom is -0.0913 e. The molecular weight excluding hydrogens is 435 g/mol. The Hall–Kier alpha value is -0.243. The molecular formula is C28H44Cl2Si. The van der Waals surface area contributed by atoms with E-state index in [-0.39, 0.29) is 8.80 Å². The zero-order valence-corrected chi connectivity index (χ0v) is 22.4. The number of aryl methyl sites for hydroxylation is 1. The van der Waals surface area contributed by atoms with Crippen molar-refractivity contribution in [1.82, 2.24) is 0 Å². The van der Waals surface area contributed by atoms with Crippen LogP contribution in [0.15, 0.2) is 29.8 Å². The van der Waals surface area contributed by atoms with Crippen LogP contribution in [0.4, 0.5) is 0 Å². The number of halogens is 2. The van der Waals surface area contributed by atoms with Crippen LogP contribution in [-0.4, -0.2) is 8.80 Å². The van der Waals surface area contributed by atoms with E-state index in [2.05, 4.69) is 31.2 Å². The quantitative estimate of drug-likeness (QED) is 0.219. The van der Waals surface area contributed by atoms with E-state index in [1.54, 1.807) is 31.0 Å². The van der Waals surface area contributed by atoms with Crippen LogP contribution in [0.1, 0.15) is 95.1 Å². The highest BCUT2D eigenvalue weighted by atomic mass is 35.5. The summed E-state index contributed by atoms with van der Waals surface area (Å²) in [7, 11) is -0.333. The summed E-state index contributed by atoms with van der Waals surface area (Å²) in [6.07, 6.45) is 19.0. The van der Waals surface area contributed by atoms with Crippen molar-refractivity contribution in [2.45, 2.75) is 109 Å². The van der Waals surface area contributed by atoms with Crippen molar-refractivity contribution in [1.29, 1.82) is 0 Å². The summed E-state index contributed by atoms with van der Waals surface area (Å²) >= 11 is 11.8. The molecule has 1 saturated carbocycles. The van der Waals surface area contributed by atoms with E-state index in [0.717, 1.165) is 23.3 Å². The van der Waals surface area contributed by atoms with Crippen molar-refractivity contribution in [2.75, 3.05) is 0 Å². The molecule has 0 spiro atoms. The fraction of sp³-hybridized carbons (Fsp3) is 0.714. The Balaban J connectivity index is 1.26. The minimum absolute atomic E-state index is 0.333. The summed E-state index contributed by atoms with van der Waals surface area (Å²) in [5.41, 5.74) is 3.86. The maximum absolute atomic E-state index is 6.08. The zero-order chi connectivity index (χ0) is 21.9. The number of hydrogen-bond donors (Lipinski definition) is 0.